The van der Waals surface area contributed by atoms with Crippen LogP contribution in [0.4, 0.5) is 5.69 Å². The topological polar surface area (TPSA) is 39.7 Å². The molecule has 0 bridgehead atoms. The highest BCUT2D eigenvalue weighted by molar-refractivity contribution is 14.0. The molecule has 0 saturated heterocycles. The predicted octanol–water partition coefficient (Wildman–Crippen LogP) is 3.68. The number of hydrogen-bond acceptors (Lipinski definition) is 2. The van der Waals surface area contributed by atoms with Gasteiger partial charge in [-0.15, -0.1) is 24.0 Å². The van der Waals surface area contributed by atoms with Crippen molar-refractivity contribution in [3.8, 4) is 0 Å². The maximum Gasteiger partial charge on any atom is 0.191 e. The van der Waals surface area contributed by atoms with Crippen LogP contribution in [0, 0.1) is 0 Å². The maximum absolute atomic E-state index is 4.74. The van der Waals surface area contributed by atoms with E-state index in [0.29, 0.717) is 6.04 Å². The molecule has 0 spiro atoms. The summed E-state index contributed by atoms with van der Waals surface area (Å²) < 4.78 is 0. The third-order valence-electron chi connectivity index (χ3n) is 4.58. The molecule has 0 unspecified atom stereocenters. The van der Waals surface area contributed by atoms with Crippen molar-refractivity contribution in [1.82, 2.24) is 10.6 Å². The van der Waals surface area contributed by atoms with Crippen molar-refractivity contribution < 1.29 is 0 Å². The first-order valence-corrected chi connectivity index (χ1v) is 8.89. The molecule has 1 aromatic rings. The van der Waals surface area contributed by atoms with E-state index < -0.39 is 0 Å². The fourth-order valence-electron chi connectivity index (χ4n) is 3.25. The zero-order valence-electron chi connectivity index (χ0n) is 14.5. The highest BCUT2D eigenvalue weighted by Crippen LogP contribution is 2.19. The van der Waals surface area contributed by atoms with E-state index in [-0.39, 0.29) is 24.0 Å². The van der Waals surface area contributed by atoms with Crippen molar-refractivity contribution in [2.75, 3.05) is 24.5 Å². The number of nitrogens with one attached hydrogen (secondary N) is 2. The molecular formula is C19H29IN4. The predicted molar refractivity (Wildman–Crippen MR) is 113 cm³/mol. The molecule has 4 nitrogen and oxygen atoms in total. The van der Waals surface area contributed by atoms with Gasteiger partial charge in [0.05, 0.1) is 6.54 Å². The van der Waals surface area contributed by atoms with Gasteiger partial charge in [-0.3, -0.25) is 0 Å². The molecular weight excluding hydrogens is 411 g/mol. The summed E-state index contributed by atoms with van der Waals surface area (Å²) in [7, 11) is 0. The summed E-state index contributed by atoms with van der Waals surface area (Å²) in [6.45, 7) is 5.78. The van der Waals surface area contributed by atoms with Crippen LogP contribution in [0.3, 0.4) is 0 Å². The van der Waals surface area contributed by atoms with Gasteiger partial charge in [0, 0.05) is 31.4 Å². The molecule has 2 aliphatic rings. The molecule has 0 atom stereocenters. The average Bonchev–Trinajstić information content (AvgIpc) is 3.27. The Bertz CT molecular complexity index is 539. The van der Waals surface area contributed by atoms with Crippen LogP contribution in [0.2, 0.25) is 0 Å². The van der Waals surface area contributed by atoms with E-state index in [0.717, 1.165) is 32.1 Å². The van der Waals surface area contributed by atoms with Gasteiger partial charge < -0.3 is 15.5 Å². The van der Waals surface area contributed by atoms with E-state index in [1.54, 1.807) is 0 Å². The third-order valence-corrected chi connectivity index (χ3v) is 4.58. The van der Waals surface area contributed by atoms with Crippen LogP contribution in [-0.2, 0) is 6.54 Å². The van der Waals surface area contributed by atoms with Gasteiger partial charge in [-0.1, -0.05) is 37.1 Å². The van der Waals surface area contributed by atoms with Gasteiger partial charge >= 0.3 is 0 Å². The number of hydrogen-bond donors (Lipinski definition) is 2. The van der Waals surface area contributed by atoms with Crippen LogP contribution in [0.1, 0.15) is 38.2 Å². The molecule has 1 heterocycles. The molecule has 1 aliphatic heterocycles. The summed E-state index contributed by atoms with van der Waals surface area (Å²) in [5.74, 6) is 0.951. The second-order valence-corrected chi connectivity index (χ2v) is 6.36. The molecule has 24 heavy (non-hydrogen) atoms. The molecule has 1 fully saturated rings. The summed E-state index contributed by atoms with van der Waals surface area (Å²) >= 11 is 0. The first-order valence-electron chi connectivity index (χ1n) is 8.89. The Morgan fingerprint density at radius 1 is 1.12 bits per heavy atom. The Labute approximate surface area is 162 Å². The van der Waals surface area contributed by atoms with E-state index in [9.17, 15) is 0 Å². The van der Waals surface area contributed by atoms with Crippen molar-refractivity contribution in [3.05, 3.63) is 42.0 Å². The molecule has 5 heteroatoms. The van der Waals surface area contributed by atoms with Crippen molar-refractivity contribution >= 4 is 35.6 Å². The molecule has 0 amide bonds. The van der Waals surface area contributed by atoms with E-state index in [1.807, 2.05) is 0 Å². The average molecular weight is 440 g/mol. The van der Waals surface area contributed by atoms with Crippen molar-refractivity contribution in [1.29, 1.82) is 0 Å². The lowest BCUT2D eigenvalue weighted by molar-refractivity contribution is 0.614. The Morgan fingerprint density at radius 3 is 2.42 bits per heavy atom. The maximum atomic E-state index is 4.74. The third kappa shape index (κ3) is 5.40. The number of nitrogens with zero attached hydrogens (tertiary/aromatic N) is 2. The van der Waals surface area contributed by atoms with Gasteiger partial charge in [0.2, 0.25) is 0 Å². The summed E-state index contributed by atoms with van der Waals surface area (Å²) in [6, 6.07) is 9.38. The molecule has 1 aliphatic carbocycles. The first-order chi connectivity index (χ1) is 11.3. The zero-order valence-corrected chi connectivity index (χ0v) is 16.8. The standard InChI is InChI=1S/C19H28N4.HI/c1-2-20-19(22-17-7-3-4-8-17)21-15-16-9-11-18(12-10-16)23-13-5-6-14-23;/h5-6,9-12,17H,2-4,7-8,13-15H2,1H3,(H2,20,21,22);1H. The Hall–Kier alpha value is -1.24. The molecule has 2 N–H and O–H groups in total. The lowest BCUT2D eigenvalue weighted by Gasteiger charge is -2.18. The molecule has 1 aromatic carbocycles. The highest BCUT2D eigenvalue weighted by Gasteiger charge is 2.15. The van der Waals surface area contributed by atoms with E-state index in [4.69, 9.17) is 4.99 Å². The second-order valence-electron chi connectivity index (χ2n) is 6.36. The number of aliphatic imine (C=N–C) groups is 1. The van der Waals surface area contributed by atoms with Crippen LogP contribution in [0.25, 0.3) is 0 Å². The SMILES string of the molecule is CCNC(=NCc1ccc(N2CC=CC2)cc1)NC1CCCC1.I. The van der Waals surface area contributed by atoms with Crippen LogP contribution in [0.15, 0.2) is 41.4 Å². The Kier molecular flexibility index (Phi) is 7.88. The summed E-state index contributed by atoms with van der Waals surface area (Å²) in [6.07, 6.45) is 9.64. The Morgan fingerprint density at radius 2 is 1.79 bits per heavy atom. The van der Waals surface area contributed by atoms with Gasteiger partial charge in [0.1, 0.15) is 0 Å². The van der Waals surface area contributed by atoms with Gasteiger partial charge in [0.25, 0.3) is 0 Å². The van der Waals surface area contributed by atoms with Crippen LogP contribution >= 0.6 is 24.0 Å². The van der Waals surface area contributed by atoms with E-state index >= 15 is 0 Å². The molecule has 1 saturated carbocycles. The molecule has 0 radical (unpaired) electrons. The summed E-state index contributed by atoms with van der Waals surface area (Å²) in [4.78, 5) is 7.10. The minimum Gasteiger partial charge on any atom is -0.364 e. The zero-order chi connectivity index (χ0) is 15.9. The van der Waals surface area contributed by atoms with E-state index in [2.05, 4.69) is 58.9 Å². The number of halogens is 1. The van der Waals surface area contributed by atoms with Crippen LogP contribution in [0.5, 0.6) is 0 Å². The minimum absolute atomic E-state index is 0. The Balaban J connectivity index is 0.00000208. The molecule has 3 rings (SSSR count). The lowest BCUT2D eigenvalue weighted by Crippen LogP contribution is -2.42. The fourth-order valence-corrected chi connectivity index (χ4v) is 3.25. The molecule has 132 valence electrons. The van der Waals surface area contributed by atoms with E-state index in [1.165, 1.54) is 36.9 Å². The number of benzene rings is 1. The van der Waals surface area contributed by atoms with Crippen molar-refractivity contribution in [3.63, 3.8) is 0 Å². The first kappa shape index (κ1) is 19.1. The highest BCUT2D eigenvalue weighted by atomic mass is 127. The smallest absolute Gasteiger partial charge is 0.191 e. The van der Waals surface area contributed by atoms with Gasteiger partial charge in [-0.2, -0.15) is 0 Å². The van der Waals surface area contributed by atoms with Gasteiger partial charge in [0.15, 0.2) is 5.96 Å². The minimum atomic E-state index is 0. The quantitative estimate of drug-likeness (QED) is 0.318. The monoisotopic (exact) mass is 440 g/mol. The number of guanidine groups is 1. The van der Waals surface area contributed by atoms with Crippen molar-refractivity contribution in [2.45, 2.75) is 45.2 Å². The number of rotatable bonds is 5. The van der Waals surface area contributed by atoms with Gasteiger partial charge in [-0.05, 0) is 37.5 Å². The second kappa shape index (κ2) is 9.91. The normalized spacial score (nSPS) is 17.9. The van der Waals surface area contributed by atoms with Gasteiger partial charge in [-0.25, -0.2) is 4.99 Å². The summed E-state index contributed by atoms with van der Waals surface area (Å²) in [5.41, 5.74) is 2.54. The van der Waals surface area contributed by atoms with Crippen molar-refractivity contribution in [2.24, 2.45) is 4.99 Å². The molecule has 0 aromatic heterocycles. The fraction of sp³-hybridized carbons (Fsp3) is 0.526. The summed E-state index contributed by atoms with van der Waals surface area (Å²) in [5, 5.41) is 6.92. The largest absolute Gasteiger partial charge is 0.364 e. The number of anilines is 1. The van der Waals surface area contributed by atoms with Crippen LogP contribution < -0.4 is 15.5 Å². The van der Waals surface area contributed by atoms with Crippen LogP contribution in [-0.4, -0.2) is 31.6 Å². The lowest BCUT2D eigenvalue weighted by atomic mass is 10.2.